The maximum Gasteiger partial charge on any atom is 0.513 e. The second kappa shape index (κ2) is 10.6. The summed E-state index contributed by atoms with van der Waals surface area (Å²) in [6.45, 7) is 7.48. The van der Waals surface area contributed by atoms with E-state index in [-0.39, 0.29) is 23.9 Å². The molecule has 2 aromatic carbocycles. The third-order valence-electron chi connectivity index (χ3n) is 6.18. The maximum absolute atomic E-state index is 12.8. The van der Waals surface area contributed by atoms with Gasteiger partial charge in [-0.3, -0.25) is 0 Å². The van der Waals surface area contributed by atoms with Gasteiger partial charge in [0, 0.05) is 54.9 Å². The Bertz CT molecular complexity index is 1300. The Balaban J connectivity index is 1.77. The normalized spacial score (nSPS) is 14.0. The molecule has 11 heteroatoms. The van der Waals surface area contributed by atoms with Crippen LogP contribution in [-0.2, 0) is 4.74 Å². The molecule has 4 rings (SSSR count). The van der Waals surface area contributed by atoms with Crippen LogP contribution in [0, 0.1) is 5.41 Å². The van der Waals surface area contributed by atoms with E-state index in [1.54, 1.807) is 13.0 Å². The van der Waals surface area contributed by atoms with Crippen LogP contribution in [0.25, 0.3) is 17.1 Å². The predicted molar refractivity (Wildman–Crippen MR) is 139 cm³/mol. The molecule has 4 N–H and O–H groups in total. The average molecular weight is 494 g/mol. The van der Waals surface area contributed by atoms with Crippen molar-refractivity contribution in [3.63, 3.8) is 0 Å². The van der Waals surface area contributed by atoms with Crippen molar-refractivity contribution in [1.29, 1.82) is 5.41 Å². The quantitative estimate of drug-likeness (QED) is 0.197. The van der Waals surface area contributed by atoms with E-state index in [1.807, 2.05) is 31.2 Å². The molecule has 3 aromatic rings. The van der Waals surface area contributed by atoms with E-state index >= 15 is 0 Å². The van der Waals surface area contributed by atoms with Crippen LogP contribution < -0.4 is 21.1 Å². The minimum absolute atomic E-state index is 0.0768. The number of benzene rings is 2. The highest BCUT2D eigenvalue weighted by atomic mass is 16.7. The van der Waals surface area contributed by atoms with Gasteiger partial charge in [0.05, 0.1) is 17.9 Å². The number of carbonyl (C=O) groups excluding carboxylic acids is 1. The summed E-state index contributed by atoms with van der Waals surface area (Å²) in [5.74, 6) is 0.296. The van der Waals surface area contributed by atoms with E-state index in [9.17, 15) is 9.59 Å². The van der Waals surface area contributed by atoms with Crippen LogP contribution in [-0.4, -0.2) is 71.4 Å². The molecule has 1 fully saturated rings. The number of nitrogen functional groups attached to an aromatic ring is 1. The smallest absolute Gasteiger partial charge is 0.434 e. The number of aromatic amines is 1. The van der Waals surface area contributed by atoms with Gasteiger partial charge in [0.25, 0.3) is 0 Å². The van der Waals surface area contributed by atoms with Gasteiger partial charge >= 0.3 is 11.8 Å². The van der Waals surface area contributed by atoms with E-state index in [4.69, 9.17) is 20.6 Å². The standard InChI is InChI=1S/C25H31N7O4/c1-4-20(26)18-14-19(22(15-21(18)27)36-25(34)35-5-2)23-28-29-24(33)32(23)17-8-6-16(7-9-17)31-12-10-30(3)11-13-31/h6-9,14-15,26H,4-5,10-13,27H2,1-3H3,(H,29,33). The first kappa shape index (κ1) is 25.0. The number of ether oxygens (including phenoxy) is 2. The predicted octanol–water partition coefficient (Wildman–Crippen LogP) is 2.87. The molecule has 1 aliphatic rings. The lowest BCUT2D eigenvalue weighted by Gasteiger charge is -2.34. The second-order valence-corrected chi connectivity index (χ2v) is 8.55. The first-order valence-electron chi connectivity index (χ1n) is 11.9. The molecule has 1 aromatic heterocycles. The Hall–Kier alpha value is -4.12. The summed E-state index contributed by atoms with van der Waals surface area (Å²) >= 11 is 0. The molecule has 0 amide bonds. The van der Waals surface area contributed by atoms with Gasteiger partial charge in [0.2, 0.25) is 0 Å². The highest BCUT2D eigenvalue weighted by molar-refractivity contribution is 6.04. The SMILES string of the molecule is CCOC(=O)Oc1cc(N)c(C(=N)CC)cc1-c1n[nH]c(=O)n1-c1ccc(N2CCN(C)CC2)cc1. The Morgan fingerprint density at radius 3 is 2.42 bits per heavy atom. The topological polar surface area (TPSA) is 143 Å². The molecule has 0 atom stereocenters. The molecule has 0 spiro atoms. The van der Waals surface area contributed by atoms with Crippen molar-refractivity contribution in [2.75, 3.05) is 50.5 Å². The van der Waals surface area contributed by atoms with Gasteiger partial charge in [-0.25, -0.2) is 19.3 Å². The Labute approximate surface area is 208 Å². The van der Waals surface area contributed by atoms with E-state index in [2.05, 4.69) is 27.0 Å². The zero-order valence-electron chi connectivity index (χ0n) is 20.7. The van der Waals surface area contributed by atoms with Gasteiger partial charge in [-0.15, -0.1) is 0 Å². The van der Waals surface area contributed by atoms with Crippen LogP contribution >= 0.6 is 0 Å². The van der Waals surface area contributed by atoms with Crippen LogP contribution in [0.4, 0.5) is 16.2 Å². The third-order valence-corrected chi connectivity index (χ3v) is 6.18. The monoisotopic (exact) mass is 493 g/mol. The molecule has 0 unspecified atom stereocenters. The minimum Gasteiger partial charge on any atom is -0.434 e. The number of piperazine rings is 1. The Kier molecular flexibility index (Phi) is 7.39. The molecule has 0 radical (unpaired) electrons. The van der Waals surface area contributed by atoms with Gasteiger partial charge < -0.3 is 30.4 Å². The van der Waals surface area contributed by atoms with Crippen molar-refractivity contribution in [1.82, 2.24) is 19.7 Å². The highest BCUT2D eigenvalue weighted by Gasteiger charge is 2.22. The summed E-state index contributed by atoms with van der Waals surface area (Å²) in [7, 11) is 2.11. The summed E-state index contributed by atoms with van der Waals surface area (Å²) in [6, 6.07) is 10.7. The van der Waals surface area contributed by atoms with Crippen LogP contribution in [0.1, 0.15) is 25.8 Å². The number of nitrogens with one attached hydrogen (secondary N) is 2. The van der Waals surface area contributed by atoms with E-state index in [0.717, 1.165) is 31.9 Å². The number of nitrogens with zero attached hydrogens (tertiary/aromatic N) is 4. The first-order valence-corrected chi connectivity index (χ1v) is 11.9. The molecule has 2 heterocycles. The molecule has 36 heavy (non-hydrogen) atoms. The zero-order valence-corrected chi connectivity index (χ0v) is 20.7. The summed E-state index contributed by atoms with van der Waals surface area (Å²) in [6.07, 6.45) is -0.458. The molecule has 0 aliphatic carbocycles. The summed E-state index contributed by atoms with van der Waals surface area (Å²) in [5.41, 5.74) is 8.74. The van der Waals surface area contributed by atoms with Gasteiger partial charge in [-0.05, 0) is 50.7 Å². The van der Waals surface area contributed by atoms with Crippen LogP contribution in [0.5, 0.6) is 5.75 Å². The van der Waals surface area contributed by atoms with Crippen LogP contribution in [0.2, 0.25) is 0 Å². The fourth-order valence-corrected chi connectivity index (χ4v) is 4.14. The fraction of sp³-hybridized carbons (Fsp3) is 0.360. The molecule has 1 aliphatic heterocycles. The number of aromatic nitrogens is 3. The molecular formula is C25H31N7O4. The van der Waals surface area contributed by atoms with Crippen molar-refractivity contribution >= 4 is 23.2 Å². The first-order chi connectivity index (χ1) is 17.3. The molecule has 0 saturated carbocycles. The molecule has 190 valence electrons. The maximum atomic E-state index is 12.8. The Morgan fingerprint density at radius 1 is 1.11 bits per heavy atom. The lowest BCUT2D eigenvalue weighted by atomic mass is 10.0. The van der Waals surface area contributed by atoms with Gasteiger partial charge in [0.15, 0.2) is 5.82 Å². The van der Waals surface area contributed by atoms with Crippen molar-refractivity contribution in [2.45, 2.75) is 20.3 Å². The lowest BCUT2D eigenvalue weighted by Crippen LogP contribution is -2.44. The van der Waals surface area contributed by atoms with Gasteiger partial charge in [-0.1, -0.05) is 6.92 Å². The third kappa shape index (κ3) is 5.10. The number of hydrogen-bond donors (Lipinski definition) is 3. The zero-order chi connectivity index (χ0) is 25.8. The van der Waals surface area contributed by atoms with Crippen molar-refractivity contribution in [2.24, 2.45) is 0 Å². The second-order valence-electron chi connectivity index (χ2n) is 8.55. The Morgan fingerprint density at radius 2 is 1.78 bits per heavy atom. The lowest BCUT2D eigenvalue weighted by molar-refractivity contribution is 0.104. The van der Waals surface area contributed by atoms with Crippen molar-refractivity contribution in [3.05, 3.63) is 52.4 Å². The fourth-order valence-electron chi connectivity index (χ4n) is 4.14. The summed E-state index contributed by atoms with van der Waals surface area (Å²) in [5, 5.41) is 15.0. The van der Waals surface area contributed by atoms with E-state index in [0.29, 0.717) is 28.9 Å². The summed E-state index contributed by atoms with van der Waals surface area (Å²) in [4.78, 5) is 29.6. The number of likely N-dealkylation sites (N-methyl/N-ethyl adjacent to an activating group) is 1. The number of anilines is 2. The van der Waals surface area contributed by atoms with E-state index < -0.39 is 11.8 Å². The molecule has 1 saturated heterocycles. The summed E-state index contributed by atoms with van der Waals surface area (Å²) < 4.78 is 11.7. The largest absolute Gasteiger partial charge is 0.513 e. The molecule has 0 bridgehead atoms. The number of hydrogen-bond acceptors (Lipinski definition) is 9. The van der Waals surface area contributed by atoms with E-state index in [1.165, 1.54) is 10.6 Å². The molecule has 11 nitrogen and oxygen atoms in total. The average Bonchev–Trinajstić information content (AvgIpc) is 3.25. The van der Waals surface area contributed by atoms with Crippen molar-refractivity contribution in [3.8, 4) is 22.8 Å². The minimum atomic E-state index is -0.905. The number of rotatable bonds is 7. The number of nitrogens with two attached hydrogens (primary N) is 1. The van der Waals surface area contributed by atoms with Gasteiger partial charge in [0.1, 0.15) is 5.75 Å². The van der Waals surface area contributed by atoms with Crippen LogP contribution in [0.3, 0.4) is 0 Å². The van der Waals surface area contributed by atoms with Gasteiger partial charge in [-0.2, -0.15) is 5.10 Å². The van der Waals surface area contributed by atoms with Crippen LogP contribution in [0.15, 0.2) is 41.2 Å². The van der Waals surface area contributed by atoms with Crippen molar-refractivity contribution < 1.29 is 14.3 Å². The number of carbonyl (C=O) groups is 1. The number of H-pyrrole nitrogens is 1. The molecular weight excluding hydrogens is 462 g/mol. The highest BCUT2D eigenvalue weighted by Crippen LogP contribution is 2.35.